The summed E-state index contributed by atoms with van der Waals surface area (Å²) in [4.78, 5) is 15.9. The van der Waals surface area contributed by atoms with Crippen LogP contribution in [0.15, 0.2) is 29.4 Å². The number of hydrogen-bond acceptors (Lipinski definition) is 4. The average Bonchev–Trinajstić information content (AvgIpc) is 2.94. The average molecular weight is 290 g/mol. The number of aromatic amines is 1. The van der Waals surface area contributed by atoms with Gasteiger partial charge in [-0.25, -0.2) is 4.98 Å². The highest BCUT2D eigenvalue weighted by molar-refractivity contribution is 8.00. The van der Waals surface area contributed by atoms with E-state index in [4.69, 9.17) is 0 Å². The number of aryl methyl sites for hydroxylation is 1. The number of thioether (sulfide) groups is 1. The van der Waals surface area contributed by atoms with E-state index in [1.807, 2.05) is 19.1 Å². The zero-order chi connectivity index (χ0) is 14.5. The van der Waals surface area contributed by atoms with Crippen molar-refractivity contribution in [1.29, 1.82) is 0 Å². The van der Waals surface area contributed by atoms with E-state index in [1.165, 1.54) is 17.3 Å². The first-order chi connectivity index (χ1) is 9.63. The van der Waals surface area contributed by atoms with Crippen LogP contribution >= 0.6 is 11.8 Å². The third kappa shape index (κ3) is 3.39. The third-order valence-corrected chi connectivity index (χ3v) is 3.96. The molecule has 0 aliphatic carbocycles. The molecule has 0 aliphatic heterocycles. The van der Waals surface area contributed by atoms with Crippen molar-refractivity contribution in [2.75, 3.05) is 7.05 Å². The Morgan fingerprint density at radius 1 is 1.40 bits per heavy atom. The quantitative estimate of drug-likeness (QED) is 0.829. The van der Waals surface area contributed by atoms with Gasteiger partial charge in [0, 0.05) is 12.6 Å². The van der Waals surface area contributed by atoms with Crippen molar-refractivity contribution in [2.24, 2.45) is 0 Å². The minimum absolute atomic E-state index is 0.0337. The van der Waals surface area contributed by atoms with E-state index in [9.17, 15) is 4.79 Å². The Morgan fingerprint density at radius 3 is 2.70 bits per heavy atom. The summed E-state index contributed by atoms with van der Waals surface area (Å²) in [5.41, 5.74) is 2.28. The Hall–Kier alpha value is -1.82. The van der Waals surface area contributed by atoms with E-state index in [2.05, 4.69) is 39.6 Å². The fraction of sp³-hybridized carbons (Fsp3) is 0.357. The normalized spacial score (nSPS) is 12.2. The first-order valence-electron chi connectivity index (χ1n) is 6.54. The molecule has 0 saturated carbocycles. The zero-order valence-corrected chi connectivity index (χ0v) is 12.6. The second-order valence-corrected chi connectivity index (χ2v) is 5.70. The van der Waals surface area contributed by atoms with E-state index in [-0.39, 0.29) is 11.2 Å². The first-order valence-corrected chi connectivity index (χ1v) is 7.42. The molecule has 0 fully saturated rings. The van der Waals surface area contributed by atoms with Crippen LogP contribution < -0.4 is 5.32 Å². The summed E-state index contributed by atoms with van der Waals surface area (Å²) in [5.74, 6) is 0.688. The van der Waals surface area contributed by atoms with Gasteiger partial charge in [-0.15, -0.1) is 5.10 Å². The fourth-order valence-corrected chi connectivity index (χ4v) is 2.52. The molecule has 106 valence electrons. The number of rotatable bonds is 5. The molecular weight excluding hydrogens is 272 g/mol. The van der Waals surface area contributed by atoms with Crippen molar-refractivity contribution in [1.82, 2.24) is 20.5 Å². The molecular formula is C14H18N4OS. The smallest absolute Gasteiger partial charge is 0.233 e. The summed E-state index contributed by atoms with van der Waals surface area (Å²) in [5, 5.41) is 10.0. The molecule has 2 rings (SSSR count). The maximum Gasteiger partial charge on any atom is 0.233 e. The van der Waals surface area contributed by atoms with E-state index < -0.39 is 0 Å². The second kappa shape index (κ2) is 6.56. The van der Waals surface area contributed by atoms with Crippen LogP contribution in [-0.2, 0) is 11.2 Å². The number of nitrogens with one attached hydrogen (secondary N) is 2. The molecule has 0 radical (unpaired) electrons. The number of carbonyl (C=O) groups excluding carboxylic acids is 1. The molecule has 0 bridgehead atoms. The lowest BCUT2D eigenvalue weighted by Crippen LogP contribution is -2.27. The van der Waals surface area contributed by atoms with Crippen molar-refractivity contribution in [3.8, 4) is 11.4 Å². The summed E-state index contributed by atoms with van der Waals surface area (Å²) < 4.78 is 0. The van der Waals surface area contributed by atoms with E-state index >= 15 is 0 Å². The number of nitrogens with zero attached hydrogens (tertiary/aromatic N) is 2. The maximum absolute atomic E-state index is 11.5. The van der Waals surface area contributed by atoms with Crippen LogP contribution in [0.2, 0.25) is 0 Å². The van der Waals surface area contributed by atoms with Crippen LogP contribution in [0.25, 0.3) is 11.4 Å². The Morgan fingerprint density at radius 2 is 2.10 bits per heavy atom. The fourth-order valence-electron chi connectivity index (χ4n) is 1.74. The predicted octanol–water partition coefficient (Wildman–Crippen LogP) is 2.26. The highest BCUT2D eigenvalue weighted by Gasteiger charge is 2.15. The molecule has 2 aromatic rings. The lowest BCUT2D eigenvalue weighted by atomic mass is 10.1. The topological polar surface area (TPSA) is 70.7 Å². The van der Waals surface area contributed by atoms with Gasteiger partial charge in [-0.05, 0) is 18.9 Å². The van der Waals surface area contributed by atoms with Crippen LogP contribution in [0.4, 0.5) is 0 Å². The van der Waals surface area contributed by atoms with E-state index in [0.29, 0.717) is 5.16 Å². The number of H-pyrrole nitrogens is 1. The van der Waals surface area contributed by atoms with Crippen LogP contribution in [-0.4, -0.2) is 33.4 Å². The molecule has 1 heterocycles. The molecule has 1 aromatic carbocycles. The SMILES string of the molecule is CCc1ccc(-c2nc(S[C@H](C)C(=O)NC)n[nH]2)cc1. The lowest BCUT2D eigenvalue weighted by Gasteiger charge is -2.05. The summed E-state index contributed by atoms with van der Waals surface area (Å²) >= 11 is 1.33. The Balaban J connectivity index is 2.09. The number of carbonyl (C=O) groups is 1. The van der Waals surface area contributed by atoms with Crippen LogP contribution in [0.5, 0.6) is 0 Å². The Bertz CT molecular complexity index is 579. The monoisotopic (exact) mass is 290 g/mol. The molecule has 0 saturated heterocycles. The number of amides is 1. The van der Waals surface area contributed by atoms with Gasteiger partial charge < -0.3 is 5.32 Å². The minimum atomic E-state index is -0.217. The van der Waals surface area contributed by atoms with Gasteiger partial charge in [0.1, 0.15) is 0 Å². The number of aromatic nitrogens is 3. The molecule has 2 N–H and O–H groups in total. The maximum atomic E-state index is 11.5. The first kappa shape index (κ1) is 14.6. The van der Waals surface area contributed by atoms with Crippen molar-refractivity contribution in [3.05, 3.63) is 29.8 Å². The lowest BCUT2D eigenvalue weighted by molar-refractivity contribution is -0.119. The van der Waals surface area contributed by atoms with Gasteiger partial charge in [-0.1, -0.05) is 43.0 Å². The van der Waals surface area contributed by atoms with Gasteiger partial charge >= 0.3 is 0 Å². The van der Waals surface area contributed by atoms with Gasteiger partial charge in [0.05, 0.1) is 5.25 Å². The molecule has 0 aliphatic rings. The molecule has 1 aromatic heterocycles. The van der Waals surface area contributed by atoms with Crippen LogP contribution in [0.1, 0.15) is 19.4 Å². The highest BCUT2D eigenvalue weighted by atomic mass is 32.2. The molecule has 0 unspecified atom stereocenters. The van der Waals surface area contributed by atoms with Crippen molar-refractivity contribution >= 4 is 17.7 Å². The minimum Gasteiger partial charge on any atom is -0.358 e. The van der Waals surface area contributed by atoms with Gasteiger partial charge in [0.2, 0.25) is 11.1 Å². The second-order valence-electron chi connectivity index (χ2n) is 4.39. The number of benzene rings is 1. The van der Waals surface area contributed by atoms with Crippen molar-refractivity contribution < 1.29 is 4.79 Å². The van der Waals surface area contributed by atoms with Crippen molar-refractivity contribution in [3.63, 3.8) is 0 Å². The Kier molecular flexibility index (Phi) is 4.79. The van der Waals surface area contributed by atoms with E-state index in [1.54, 1.807) is 7.05 Å². The zero-order valence-electron chi connectivity index (χ0n) is 11.8. The third-order valence-electron chi connectivity index (χ3n) is 3.00. The van der Waals surface area contributed by atoms with Crippen molar-refractivity contribution in [2.45, 2.75) is 30.7 Å². The van der Waals surface area contributed by atoms with Gasteiger partial charge in [0.15, 0.2) is 5.82 Å². The largest absolute Gasteiger partial charge is 0.358 e. The van der Waals surface area contributed by atoms with Gasteiger partial charge in [0.25, 0.3) is 0 Å². The highest BCUT2D eigenvalue weighted by Crippen LogP contribution is 2.22. The van der Waals surface area contributed by atoms with Crippen LogP contribution in [0, 0.1) is 0 Å². The van der Waals surface area contributed by atoms with Crippen LogP contribution in [0.3, 0.4) is 0 Å². The molecule has 1 amide bonds. The predicted molar refractivity (Wildman–Crippen MR) is 80.6 cm³/mol. The summed E-state index contributed by atoms with van der Waals surface area (Å²) in [6.07, 6.45) is 1.02. The summed E-state index contributed by atoms with van der Waals surface area (Å²) in [6, 6.07) is 8.21. The molecule has 1 atom stereocenters. The molecule has 5 nitrogen and oxygen atoms in total. The summed E-state index contributed by atoms with van der Waals surface area (Å²) in [6.45, 7) is 3.95. The van der Waals surface area contributed by atoms with Gasteiger partial charge in [-0.2, -0.15) is 0 Å². The Labute approximate surface area is 122 Å². The van der Waals surface area contributed by atoms with E-state index in [0.717, 1.165) is 17.8 Å². The molecule has 6 heteroatoms. The molecule has 0 spiro atoms. The summed E-state index contributed by atoms with van der Waals surface area (Å²) in [7, 11) is 1.62. The molecule has 20 heavy (non-hydrogen) atoms. The van der Waals surface area contributed by atoms with Gasteiger partial charge in [-0.3, -0.25) is 9.89 Å². The number of hydrogen-bond donors (Lipinski definition) is 2. The standard InChI is InChI=1S/C14H18N4OS/c1-4-10-5-7-11(8-6-10)12-16-14(18-17-12)20-9(2)13(19)15-3/h5-9H,4H2,1-3H3,(H,15,19)(H,16,17,18)/t9-/m1/s1.